The summed E-state index contributed by atoms with van der Waals surface area (Å²) >= 11 is 1.44. The number of carbonyl (C=O) groups excluding carboxylic acids is 2. The number of rotatable bonds is 3. The molecule has 6 heteroatoms. The molecule has 3 rings (SSSR count). The summed E-state index contributed by atoms with van der Waals surface area (Å²) in [7, 11) is 0. The summed E-state index contributed by atoms with van der Waals surface area (Å²) in [6.45, 7) is 2.16. The van der Waals surface area contributed by atoms with Gasteiger partial charge in [-0.15, -0.1) is 11.3 Å². The van der Waals surface area contributed by atoms with Gasteiger partial charge in [-0.25, -0.2) is 0 Å². The van der Waals surface area contributed by atoms with Gasteiger partial charge in [-0.2, -0.15) is 0 Å². The SMILES string of the molecule is CC1CCc2sc(NC(=O)c3ccco3)c(C(N)=O)c2C1. The maximum atomic E-state index is 12.1. The molecule has 3 N–H and O–H groups in total. The van der Waals surface area contributed by atoms with Crippen LogP contribution in [-0.4, -0.2) is 11.8 Å². The zero-order valence-electron chi connectivity index (χ0n) is 11.6. The highest BCUT2D eigenvalue weighted by Crippen LogP contribution is 2.39. The number of fused-ring (bicyclic) bond motifs is 1. The van der Waals surface area contributed by atoms with Crippen LogP contribution in [0.2, 0.25) is 0 Å². The molecule has 0 spiro atoms. The molecule has 2 heterocycles. The smallest absolute Gasteiger partial charge is 0.291 e. The van der Waals surface area contributed by atoms with Crippen molar-refractivity contribution in [2.24, 2.45) is 11.7 Å². The largest absolute Gasteiger partial charge is 0.459 e. The Morgan fingerprint density at radius 1 is 1.48 bits per heavy atom. The number of thiophene rings is 1. The van der Waals surface area contributed by atoms with Gasteiger partial charge in [0.05, 0.1) is 11.8 Å². The van der Waals surface area contributed by atoms with Gasteiger partial charge in [-0.05, 0) is 42.9 Å². The number of anilines is 1. The van der Waals surface area contributed by atoms with E-state index < -0.39 is 5.91 Å². The van der Waals surface area contributed by atoms with Crippen LogP contribution in [0.1, 0.15) is 44.7 Å². The molecule has 0 aliphatic heterocycles. The summed E-state index contributed by atoms with van der Waals surface area (Å²) in [5, 5.41) is 3.28. The first-order chi connectivity index (χ1) is 10.1. The molecule has 2 aromatic rings. The number of amides is 2. The second-order valence-electron chi connectivity index (χ2n) is 5.35. The molecule has 0 bridgehead atoms. The Bertz CT molecular complexity index is 688. The fraction of sp³-hybridized carbons (Fsp3) is 0.333. The number of carbonyl (C=O) groups is 2. The molecule has 2 aromatic heterocycles. The van der Waals surface area contributed by atoms with E-state index in [1.165, 1.54) is 17.6 Å². The lowest BCUT2D eigenvalue weighted by Crippen LogP contribution is -2.19. The van der Waals surface area contributed by atoms with Crippen LogP contribution in [0.25, 0.3) is 0 Å². The first-order valence-electron chi connectivity index (χ1n) is 6.85. The highest BCUT2D eigenvalue weighted by molar-refractivity contribution is 7.17. The zero-order valence-corrected chi connectivity index (χ0v) is 12.5. The Hall–Kier alpha value is -2.08. The van der Waals surface area contributed by atoms with Crippen molar-refractivity contribution in [1.29, 1.82) is 0 Å². The summed E-state index contributed by atoms with van der Waals surface area (Å²) < 4.78 is 5.06. The third kappa shape index (κ3) is 2.58. The molecule has 0 saturated heterocycles. The summed E-state index contributed by atoms with van der Waals surface area (Å²) in [4.78, 5) is 25.0. The number of primary amides is 1. The molecule has 110 valence electrons. The van der Waals surface area contributed by atoms with Gasteiger partial charge in [0.15, 0.2) is 5.76 Å². The Morgan fingerprint density at radius 2 is 2.29 bits per heavy atom. The zero-order chi connectivity index (χ0) is 15.0. The van der Waals surface area contributed by atoms with Crippen molar-refractivity contribution in [3.63, 3.8) is 0 Å². The van der Waals surface area contributed by atoms with E-state index in [0.29, 0.717) is 16.5 Å². The topological polar surface area (TPSA) is 85.3 Å². The molecule has 0 fully saturated rings. The van der Waals surface area contributed by atoms with E-state index in [1.54, 1.807) is 12.1 Å². The lowest BCUT2D eigenvalue weighted by atomic mass is 9.87. The van der Waals surface area contributed by atoms with E-state index in [4.69, 9.17) is 10.2 Å². The third-order valence-corrected chi connectivity index (χ3v) is 4.93. The molecule has 1 aliphatic carbocycles. The molecule has 21 heavy (non-hydrogen) atoms. The number of furan rings is 1. The van der Waals surface area contributed by atoms with Gasteiger partial charge < -0.3 is 15.5 Å². The van der Waals surface area contributed by atoms with Gasteiger partial charge in [-0.3, -0.25) is 9.59 Å². The molecule has 5 nitrogen and oxygen atoms in total. The second kappa shape index (κ2) is 5.37. The van der Waals surface area contributed by atoms with Crippen molar-refractivity contribution in [2.75, 3.05) is 5.32 Å². The molecule has 1 aliphatic rings. The van der Waals surface area contributed by atoms with E-state index in [9.17, 15) is 9.59 Å². The van der Waals surface area contributed by atoms with Crippen molar-refractivity contribution in [3.8, 4) is 0 Å². The van der Waals surface area contributed by atoms with Gasteiger partial charge >= 0.3 is 0 Å². The average molecular weight is 304 g/mol. The van der Waals surface area contributed by atoms with Crippen LogP contribution in [0.4, 0.5) is 5.00 Å². The molecule has 0 saturated carbocycles. The maximum Gasteiger partial charge on any atom is 0.291 e. The Labute approximate surface area is 126 Å². The average Bonchev–Trinajstić information content (AvgIpc) is 3.04. The van der Waals surface area contributed by atoms with E-state index in [0.717, 1.165) is 29.7 Å². The molecule has 1 atom stereocenters. The number of aryl methyl sites for hydroxylation is 1. The van der Waals surface area contributed by atoms with Crippen LogP contribution < -0.4 is 11.1 Å². The van der Waals surface area contributed by atoms with Gasteiger partial charge in [-0.1, -0.05) is 6.92 Å². The maximum absolute atomic E-state index is 12.1. The van der Waals surface area contributed by atoms with Crippen LogP contribution in [0.5, 0.6) is 0 Å². The fourth-order valence-electron chi connectivity index (χ4n) is 2.68. The normalized spacial score (nSPS) is 17.3. The van der Waals surface area contributed by atoms with Crippen molar-refractivity contribution in [1.82, 2.24) is 0 Å². The van der Waals surface area contributed by atoms with E-state index in [2.05, 4.69) is 12.2 Å². The summed E-state index contributed by atoms with van der Waals surface area (Å²) in [5.41, 5.74) is 6.98. The van der Waals surface area contributed by atoms with Crippen LogP contribution >= 0.6 is 11.3 Å². The highest BCUT2D eigenvalue weighted by Gasteiger charge is 2.27. The van der Waals surface area contributed by atoms with Crippen molar-refractivity contribution in [2.45, 2.75) is 26.2 Å². The lowest BCUT2D eigenvalue weighted by Gasteiger charge is -2.18. The third-order valence-electron chi connectivity index (χ3n) is 3.73. The number of nitrogens with two attached hydrogens (primary N) is 1. The molecule has 1 unspecified atom stereocenters. The fourth-order valence-corrected chi connectivity index (χ4v) is 3.92. The van der Waals surface area contributed by atoms with E-state index in [-0.39, 0.29) is 11.7 Å². The van der Waals surface area contributed by atoms with Crippen LogP contribution in [0, 0.1) is 5.92 Å². The quantitative estimate of drug-likeness (QED) is 0.914. The minimum absolute atomic E-state index is 0.213. The van der Waals surface area contributed by atoms with Crippen LogP contribution in [0.3, 0.4) is 0 Å². The Kier molecular flexibility index (Phi) is 3.55. The predicted octanol–water partition coefficient (Wildman–Crippen LogP) is 2.82. The van der Waals surface area contributed by atoms with Crippen LogP contribution in [0.15, 0.2) is 22.8 Å². The van der Waals surface area contributed by atoms with Crippen molar-refractivity contribution in [3.05, 3.63) is 40.2 Å². The molecule has 0 aromatic carbocycles. The summed E-state index contributed by atoms with van der Waals surface area (Å²) in [5.74, 6) is -0.116. The minimum atomic E-state index is -0.489. The molecular weight excluding hydrogens is 288 g/mol. The minimum Gasteiger partial charge on any atom is -0.459 e. The van der Waals surface area contributed by atoms with Gasteiger partial charge in [0.1, 0.15) is 5.00 Å². The van der Waals surface area contributed by atoms with Gasteiger partial charge in [0, 0.05) is 4.88 Å². The first-order valence-corrected chi connectivity index (χ1v) is 7.67. The number of hydrogen-bond acceptors (Lipinski definition) is 4. The van der Waals surface area contributed by atoms with Gasteiger partial charge in [0.2, 0.25) is 0 Å². The number of hydrogen-bond donors (Lipinski definition) is 2. The first kappa shape index (κ1) is 13.9. The molecular formula is C15H16N2O3S. The van der Waals surface area contributed by atoms with E-state index >= 15 is 0 Å². The summed E-state index contributed by atoms with van der Waals surface area (Å²) in [6.07, 6.45) is 4.29. The molecule has 2 amide bonds. The standard InChI is InChI=1S/C15H16N2O3S/c1-8-4-5-11-9(7-8)12(13(16)18)15(21-11)17-14(19)10-3-2-6-20-10/h2-3,6,8H,4-5,7H2,1H3,(H2,16,18)(H,17,19). The predicted molar refractivity (Wildman–Crippen MR) is 80.7 cm³/mol. The van der Waals surface area contributed by atoms with Crippen molar-refractivity contribution < 1.29 is 14.0 Å². The van der Waals surface area contributed by atoms with Gasteiger partial charge in [0.25, 0.3) is 11.8 Å². The number of nitrogens with one attached hydrogen (secondary N) is 1. The monoisotopic (exact) mass is 304 g/mol. The Balaban J connectivity index is 1.95. The van der Waals surface area contributed by atoms with E-state index in [1.807, 2.05) is 0 Å². The van der Waals surface area contributed by atoms with Crippen LogP contribution in [-0.2, 0) is 12.8 Å². The Morgan fingerprint density at radius 3 is 2.95 bits per heavy atom. The second-order valence-corrected chi connectivity index (χ2v) is 6.46. The highest BCUT2D eigenvalue weighted by atomic mass is 32.1. The van der Waals surface area contributed by atoms with Crippen molar-refractivity contribution >= 4 is 28.2 Å². The lowest BCUT2D eigenvalue weighted by molar-refractivity contribution is 0.0997. The molecule has 0 radical (unpaired) electrons. The summed E-state index contributed by atoms with van der Waals surface area (Å²) in [6, 6.07) is 3.22.